The second-order valence-electron chi connectivity index (χ2n) is 3.51. The third-order valence-electron chi connectivity index (χ3n) is 2.54. The highest BCUT2D eigenvalue weighted by Crippen LogP contribution is 2.33. The Labute approximate surface area is 92.1 Å². The van der Waals surface area contributed by atoms with E-state index in [1.165, 1.54) is 6.07 Å². The van der Waals surface area contributed by atoms with Crippen LogP contribution in [0.5, 0.6) is 0 Å². The van der Waals surface area contributed by atoms with Crippen molar-refractivity contribution >= 4 is 12.4 Å². The maximum atomic E-state index is 12.3. The quantitative estimate of drug-likeness (QED) is 0.730. The van der Waals surface area contributed by atoms with Crippen LogP contribution in [0.2, 0.25) is 0 Å². The molecule has 1 aromatic rings. The van der Waals surface area contributed by atoms with Crippen LogP contribution in [-0.2, 0) is 12.7 Å². The third kappa shape index (κ3) is 2.26. The summed E-state index contributed by atoms with van der Waals surface area (Å²) < 4.78 is 37.0. The highest BCUT2D eigenvalue weighted by atomic mass is 35.5. The van der Waals surface area contributed by atoms with Gasteiger partial charge in [-0.2, -0.15) is 13.2 Å². The molecular formula is C10H11ClF3N. The third-order valence-corrected chi connectivity index (χ3v) is 2.54. The Bertz CT molecular complexity index is 362. The summed E-state index contributed by atoms with van der Waals surface area (Å²) in [6, 6.07) is 4.09. The molecule has 1 aromatic carbocycles. The molecule has 0 aliphatic carbocycles. The Morgan fingerprint density at radius 3 is 2.60 bits per heavy atom. The Kier molecular flexibility index (Phi) is 3.31. The number of benzene rings is 1. The minimum atomic E-state index is -4.24. The molecule has 2 rings (SSSR count). The van der Waals surface area contributed by atoms with Crippen molar-refractivity contribution in [2.75, 3.05) is 0 Å². The number of nitrogens with one attached hydrogen (secondary N) is 1. The molecule has 1 heterocycles. The van der Waals surface area contributed by atoms with Gasteiger partial charge in [-0.25, -0.2) is 0 Å². The molecule has 1 atom stereocenters. The second kappa shape index (κ2) is 4.02. The first-order chi connectivity index (χ1) is 6.48. The van der Waals surface area contributed by atoms with Gasteiger partial charge < -0.3 is 5.32 Å². The predicted molar refractivity (Wildman–Crippen MR) is 53.9 cm³/mol. The summed E-state index contributed by atoms with van der Waals surface area (Å²) >= 11 is 0. The zero-order valence-corrected chi connectivity index (χ0v) is 8.88. The topological polar surface area (TPSA) is 12.0 Å². The SMILES string of the molecule is C[C@@H]1NCc2cc(C(F)(F)F)ccc21.Cl. The van der Waals surface area contributed by atoms with E-state index < -0.39 is 11.7 Å². The van der Waals surface area contributed by atoms with Crippen LogP contribution in [0.25, 0.3) is 0 Å². The average Bonchev–Trinajstić information content (AvgIpc) is 2.46. The lowest BCUT2D eigenvalue weighted by Crippen LogP contribution is -2.06. The molecule has 5 heteroatoms. The summed E-state index contributed by atoms with van der Waals surface area (Å²) in [5.74, 6) is 0. The molecule has 0 unspecified atom stereocenters. The van der Waals surface area contributed by atoms with E-state index in [1.807, 2.05) is 6.92 Å². The van der Waals surface area contributed by atoms with Crippen LogP contribution in [-0.4, -0.2) is 0 Å². The van der Waals surface area contributed by atoms with Gasteiger partial charge in [0.15, 0.2) is 0 Å². The number of hydrogen-bond acceptors (Lipinski definition) is 1. The molecule has 1 aliphatic rings. The van der Waals surface area contributed by atoms with Crippen molar-refractivity contribution in [2.45, 2.75) is 25.7 Å². The lowest BCUT2D eigenvalue weighted by atomic mass is 10.0. The van der Waals surface area contributed by atoms with Gasteiger partial charge in [0.05, 0.1) is 5.56 Å². The van der Waals surface area contributed by atoms with Crippen molar-refractivity contribution in [3.05, 3.63) is 34.9 Å². The zero-order chi connectivity index (χ0) is 10.3. The van der Waals surface area contributed by atoms with Crippen LogP contribution in [0.4, 0.5) is 13.2 Å². The monoisotopic (exact) mass is 237 g/mol. The van der Waals surface area contributed by atoms with Gasteiger partial charge in [0.25, 0.3) is 0 Å². The van der Waals surface area contributed by atoms with Gasteiger partial charge in [-0.05, 0) is 30.2 Å². The molecule has 0 saturated carbocycles. The molecule has 1 aliphatic heterocycles. The largest absolute Gasteiger partial charge is 0.416 e. The van der Waals surface area contributed by atoms with Crippen LogP contribution < -0.4 is 5.32 Å². The first kappa shape index (κ1) is 12.3. The molecular weight excluding hydrogens is 227 g/mol. The number of fused-ring (bicyclic) bond motifs is 1. The van der Waals surface area contributed by atoms with Crippen LogP contribution in [0.3, 0.4) is 0 Å². The summed E-state index contributed by atoms with van der Waals surface area (Å²) in [6.45, 7) is 2.47. The first-order valence-electron chi connectivity index (χ1n) is 4.42. The predicted octanol–water partition coefficient (Wildman–Crippen LogP) is 3.29. The van der Waals surface area contributed by atoms with Gasteiger partial charge >= 0.3 is 6.18 Å². The van der Waals surface area contributed by atoms with Crippen LogP contribution in [0, 0.1) is 0 Å². The normalized spacial score (nSPS) is 19.6. The number of halogens is 4. The fourth-order valence-electron chi connectivity index (χ4n) is 1.73. The van der Waals surface area contributed by atoms with Gasteiger partial charge in [-0.15, -0.1) is 12.4 Å². The fraction of sp³-hybridized carbons (Fsp3) is 0.400. The van der Waals surface area contributed by atoms with E-state index in [0.717, 1.165) is 17.2 Å². The Hall–Kier alpha value is -0.740. The van der Waals surface area contributed by atoms with E-state index in [2.05, 4.69) is 5.32 Å². The summed E-state index contributed by atoms with van der Waals surface area (Å²) in [6.07, 6.45) is -4.24. The Morgan fingerprint density at radius 1 is 1.33 bits per heavy atom. The van der Waals surface area contributed by atoms with Gasteiger partial charge in [0.1, 0.15) is 0 Å². The molecule has 0 amide bonds. The van der Waals surface area contributed by atoms with E-state index >= 15 is 0 Å². The van der Waals surface area contributed by atoms with Crippen molar-refractivity contribution in [2.24, 2.45) is 0 Å². The second-order valence-corrected chi connectivity index (χ2v) is 3.51. The van der Waals surface area contributed by atoms with E-state index in [9.17, 15) is 13.2 Å². The molecule has 1 nitrogen and oxygen atoms in total. The van der Waals surface area contributed by atoms with E-state index in [1.54, 1.807) is 6.07 Å². The summed E-state index contributed by atoms with van der Waals surface area (Å²) in [7, 11) is 0. The molecule has 1 N–H and O–H groups in total. The lowest BCUT2D eigenvalue weighted by Gasteiger charge is -2.09. The maximum absolute atomic E-state index is 12.3. The van der Waals surface area contributed by atoms with Crippen LogP contribution >= 0.6 is 12.4 Å². The zero-order valence-electron chi connectivity index (χ0n) is 8.06. The summed E-state index contributed by atoms with van der Waals surface area (Å²) in [4.78, 5) is 0. The van der Waals surface area contributed by atoms with Gasteiger partial charge in [-0.1, -0.05) is 6.07 Å². The van der Waals surface area contributed by atoms with Gasteiger partial charge in [0.2, 0.25) is 0 Å². The van der Waals surface area contributed by atoms with E-state index in [4.69, 9.17) is 0 Å². The van der Waals surface area contributed by atoms with Crippen molar-refractivity contribution in [1.29, 1.82) is 0 Å². The van der Waals surface area contributed by atoms with E-state index in [-0.39, 0.29) is 18.4 Å². The number of hydrogen-bond donors (Lipinski definition) is 1. The maximum Gasteiger partial charge on any atom is 0.416 e. The average molecular weight is 238 g/mol. The molecule has 15 heavy (non-hydrogen) atoms. The first-order valence-corrected chi connectivity index (χ1v) is 4.42. The van der Waals surface area contributed by atoms with E-state index in [0.29, 0.717) is 6.54 Å². The van der Waals surface area contributed by atoms with Gasteiger partial charge in [-0.3, -0.25) is 0 Å². The number of rotatable bonds is 0. The summed E-state index contributed by atoms with van der Waals surface area (Å²) in [5.41, 5.74) is 1.16. The van der Waals surface area contributed by atoms with Crippen molar-refractivity contribution in [3.8, 4) is 0 Å². The van der Waals surface area contributed by atoms with Crippen LogP contribution in [0.15, 0.2) is 18.2 Å². The Balaban J connectivity index is 0.00000112. The summed E-state index contributed by atoms with van der Waals surface area (Å²) in [5, 5.41) is 3.10. The van der Waals surface area contributed by atoms with Crippen molar-refractivity contribution in [3.63, 3.8) is 0 Å². The molecule has 0 aromatic heterocycles. The lowest BCUT2D eigenvalue weighted by molar-refractivity contribution is -0.137. The Morgan fingerprint density at radius 2 is 2.00 bits per heavy atom. The molecule has 0 saturated heterocycles. The highest BCUT2D eigenvalue weighted by Gasteiger charge is 2.32. The minimum Gasteiger partial charge on any atom is -0.306 e. The smallest absolute Gasteiger partial charge is 0.306 e. The molecule has 0 fully saturated rings. The van der Waals surface area contributed by atoms with Crippen molar-refractivity contribution < 1.29 is 13.2 Å². The molecule has 84 valence electrons. The molecule has 0 spiro atoms. The molecule has 0 radical (unpaired) electrons. The minimum absolute atomic E-state index is 0. The number of alkyl halides is 3. The van der Waals surface area contributed by atoms with Crippen LogP contribution in [0.1, 0.15) is 29.7 Å². The van der Waals surface area contributed by atoms with Gasteiger partial charge in [0, 0.05) is 12.6 Å². The highest BCUT2D eigenvalue weighted by molar-refractivity contribution is 5.85. The molecule has 0 bridgehead atoms. The van der Waals surface area contributed by atoms with Crippen molar-refractivity contribution in [1.82, 2.24) is 5.32 Å². The fourth-order valence-corrected chi connectivity index (χ4v) is 1.73. The standard InChI is InChI=1S/C10H10F3N.ClH/c1-6-9-3-2-8(10(11,12)13)4-7(9)5-14-6;/h2-4,6,14H,5H2,1H3;1H/t6-;/m0./s1.